The van der Waals surface area contributed by atoms with Crippen molar-refractivity contribution in [3.63, 3.8) is 0 Å². The van der Waals surface area contributed by atoms with E-state index >= 15 is 0 Å². The third kappa shape index (κ3) is 4.64. The highest BCUT2D eigenvalue weighted by atomic mass is 16.5. The van der Waals surface area contributed by atoms with Gasteiger partial charge in [-0.3, -0.25) is 4.79 Å². The van der Waals surface area contributed by atoms with Gasteiger partial charge in [0.15, 0.2) is 6.61 Å². The lowest BCUT2D eigenvalue weighted by atomic mass is 10.1. The average molecular weight is 340 g/mol. The number of carbonyl (C=O) groups is 1. The highest BCUT2D eigenvalue weighted by Crippen LogP contribution is 2.29. The minimum absolute atomic E-state index is 0.185. The van der Waals surface area contributed by atoms with E-state index in [9.17, 15) is 4.79 Å². The van der Waals surface area contributed by atoms with Gasteiger partial charge in [0.2, 0.25) is 0 Å². The average Bonchev–Trinajstić information content (AvgIpc) is 2.65. The van der Waals surface area contributed by atoms with Gasteiger partial charge in [0.1, 0.15) is 23.3 Å². The van der Waals surface area contributed by atoms with Crippen LogP contribution >= 0.6 is 0 Å². The van der Waals surface area contributed by atoms with E-state index in [4.69, 9.17) is 19.5 Å². The fourth-order valence-corrected chi connectivity index (χ4v) is 2.37. The van der Waals surface area contributed by atoms with Crippen molar-refractivity contribution in [3.8, 4) is 23.3 Å². The van der Waals surface area contributed by atoms with Gasteiger partial charge in [-0.05, 0) is 37.3 Å². The van der Waals surface area contributed by atoms with E-state index in [-0.39, 0.29) is 18.6 Å². The van der Waals surface area contributed by atoms with Crippen molar-refractivity contribution in [2.45, 2.75) is 13.0 Å². The molecule has 2 rings (SSSR count). The number of benzene rings is 2. The molecule has 0 aromatic heterocycles. The predicted molar refractivity (Wildman–Crippen MR) is 92.8 cm³/mol. The molecule has 2 aromatic carbocycles. The van der Waals surface area contributed by atoms with Gasteiger partial charge >= 0.3 is 0 Å². The Morgan fingerprint density at radius 2 is 1.92 bits per heavy atom. The number of hydrogen-bond acceptors (Lipinski definition) is 5. The molecule has 1 N–H and O–H groups in total. The molecule has 0 radical (unpaired) electrons. The third-order valence-corrected chi connectivity index (χ3v) is 3.65. The molecular weight excluding hydrogens is 320 g/mol. The monoisotopic (exact) mass is 340 g/mol. The van der Waals surface area contributed by atoms with Gasteiger partial charge in [0.25, 0.3) is 5.91 Å². The second-order valence-corrected chi connectivity index (χ2v) is 5.29. The molecule has 0 spiro atoms. The first-order chi connectivity index (χ1) is 12.1. The van der Waals surface area contributed by atoms with Crippen LogP contribution in [-0.4, -0.2) is 26.7 Å². The maximum atomic E-state index is 12.2. The Bertz CT molecular complexity index is 783. The predicted octanol–water partition coefficient (Wildman–Crippen LogP) is 2.83. The molecule has 130 valence electrons. The number of nitriles is 1. The molecule has 1 atom stereocenters. The first-order valence-corrected chi connectivity index (χ1v) is 7.72. The Kier molecular flexibility index (Phi) is 6.24. The quantitative estimate of drug-likeness (QED) is 0.838. The molecular formula is C19H20N2O4. The van der Waals surface area contributed by atoms with E-state index in [1.165, 1.54) is 0 Å². The van der Waals surface area contributed by atoms with Crippen LogP contribution in [0.3, 0.4) is 0 Å². The largest absolute Gasteiger partial charge is 0.497 e. The van der Waals surface area contributed by atoms with Crippen LogP contribution in [0.1, 0.15) is 24.1 Å². The molecule has 1 amide bonds. The number of nitrogens with one attached hydrogen (secondary N) is 1. The number of carbonyl (C=O) groups excluding carboxylic acids is 1. The fraction of sp³-hybridized carbons (Fsp3) is 0.263. The highest BCUT2D eigenvalue weighted by molar-refractivity contribution is 5.78. The van der Waals surface area contributed by atoms with Crippen molar-refractivity contribution in [3.05, 3.63) is 53.6 Å². The SMILES string of the molecule is COc1ccc(OC)c(C(C)NC(=O)COc2ccccc2C#N)c1. The van der Waals surface area contributed by atoms with Crippen LogP contribution in [0.2, 0.25) is 0 Å². The van der Waals surface area contributed by atoms with Crippen LogP contribution in [-0.2, 0) is 4.79 Å². The Balaban J connectivity index is 2.02. The first kappa shape index (κ1) is 18.1. The van der Waals surface area contributed by atoms with E-state index in [1.54, 1.807) is 50.6 Å². The van der Waals surface area contributed by atoms with Crippen molar-refractivity contribution in [2.75, 3.05) is 20.8 Å². The van der Waals surface area contributed by atoms with Crippen LogP contribution in [0.5, 0.6) is 17.2 Å². The topological polar surface area (TPSA) is 80.6 Å². The maximum absolute atomic E-state index is 12.2. The van der Waals surface area contributed by atoms with Crippen molar-refractivity contribution in [2.24, 2.45) is 0 Å². The summed E-state index contributed by atoms with van der Waals surface area (Å²) in [5.41, 5.74) is 1.19. The molecule has 0 bridgehead atoms. The lowest BCUT2D eigenvalue weighted by Crippen LogP contribution is -2.31. The Morgan fingerprint density at radius 1 is 1.16 bits per heavy atom. The van der Waals surface area contributed by atoms with Gasteiger partial charge in [-0.1, -0.05) is 12.1 Å². The van der Waals surface area contributed by atoms with E-state index < -0.39 is 0 Å². The Labute approximate surface area is 146 Å². The van der Waals surface area contributed by atoms with E-state index in [0.29, 0.717) is 22.8 Å². The maximum Gasteiger partial charge on any atom is 0.258 e. The molecule has 1 unspecified atom stereocenters. The van der Waals surface area contributed by atoms with Crippen molar-refractivity contribution < 1.29 is 19.0 Å². The number of nitrogens with zero attached hydrogens (tertiary/aromatic N) is 1. The highest BCUT2D eigenvalue weighted by Gasteiger charge is 2.16. The number of rotatable bonds is 7. The molecule has 6 heteroatoms. The Morgan fingerprint density at radius 3 is 2.60 bits per heavy atom. The van der Waals surface area contributed by atoms with E-state index in [1.807, 2.05) is 19.1 Å². The zero-order valence-corrected chi connectivity index (χ0v) is 14.4. The first-order valence-electron chi connectivity index (χ1n) is 7.72. The molecule has 25 heavy (non-hydrogen) atoms. The molecule has 6 nitrogen and oxygen atoms in total. The standard InChI is InChI=1S/C19H20N2O4/c1-13(16-10-15(23-2)8-9-18(16)24-3)21-19(22)12-25-17-7-5-4-6-14(17)11-20/h4-10,13H,12H2,1-3H3,(H,21,22). The molecule has 0 saturated carbocycles. The minimum Gasteiger partial charge on any atom is -0.497 e. The number of hydrogen-bond donors (Lipinski definition) is 1. The summed E-state index contributed by atoms with van der Waals surface area (Å²) >= 11 is 0. The van der Waals surface area contributed by atoms with Crippen molar-refractivity contribution >= 4 is 5.91 Å². The smallest absolute Gasteiger partial charge is 0.258 e. The van der Waals surface area contributed by atoms with Gasteiger partial charge in [-0.2, -0.15) is 5.26 Å². The minimum atomic E-state index is -0.301. The third-order valence-electron chi connectivity index (χ3n) is 3.65. The van der Waals surface area contributed by atoms with Gasteiger partial charge in [0.05, 0.1) is 25.8 Å². The summed E-state index contributed by atoms with van der Waals surface area (Å²) in [5.74, 6) is 1.41. The normalized spacial score (nSPS) is 11.1. The molecule has 0 fully saturated rings. The number of ether oxygens (including phenoxy) is 3. The molecule has 0 saturated heterocycles. The van der Waals surface area contributed by atoms with Gasteiger partial charge in [-0.15, -0.1) is 0 Å². The van der Waals surface area contributed by atoms with Crippen LogP contribution in [0.15, 0.2) is 42.5 Å². The molecule has 2 aromatic rings. The number of para-hydroxylation sites is 1. The zero-order valence-electron chi connectivity index (χ0n) is 14.4. The lowest BCUT2D eigenvalue weighted by Gasteiger charge is -2.18. The van der Waals surface area contributed by atoms with Crippen molar-refractivity contribution in [1.82, 2.24) is 5.32 Å². The molecule has 0 aliphatic carbocycles. The fourth-order valence-electron chi connectivity index (χ4n) is 2.37. The Hall–Kier alpha value is -3.20. The van der Waals surface area contributed by atoms with Gasteiger partial charge in [-0.25, -0.2) is 0 Å². The molecule has 0 aliphatic rings. The van der Waals surface area contributed by atoms with Crippen LogP contribution in [0.4, 0.5) is 0 Å². The van der Waals surface area contributed by atoms with E-state index in [2.05, 4.69) is 5.32 Å². The zero-order chi connectivity index (χ0) is 18.2. The molecule has 0 aliphatic heterocycles. The van der Waals surface area contributed by atoms with Crippen LogP contribution in [0.25, 0.3) is 0 Å². The summed E-state index contributed by atoms with van der Waals surface area (Å²) in [6.07, 6.45) is 0. The number of methoxy groups -OCH3 is 2. The van der Waals surface area contributed by atoms with Crippen molar-refractivity contribution in [1.29, 1.82) is 5.26 Å². The second-order valence-electron chi connectivity index (χ2n) is 5.29. The summed E-state index contributed by atoms with van der Waals surface area (Å²) in [5, 5.41) is 11.9. The summed E-state index contributed by atoms with van der Waals surface area (Å²) in [7, 11) is 3.15. The van der Waals surface area contributed by atoms with Crippen LogP contribution in [0, 0.1) is 11.3 Å². The second kappa shape index (κ2) is 8.60. The molecule has 0 heterocycles. The number of amides is 1. The van der Waals surface area contributed by atoms with Crippen LogP contribution < -0.4 is 19.5 Å². The van der Waals surface area contributed by atoms with Gasteiger partial charge < -0.3 is 19.5 Å². The summed E-state index contributed by atoms with van der Waals surface area (Å²) in [6.45, 7) is 1.66. The van der Waals surface area contributed by atoms with Gasteiger partial charge in [0, 0.05) is 5.56 Å². The summed E-state index contributed by atoms with van der Waals surface area (Å²) in [4.78, 5) is 12.2. The lowest BCUT2D eigenvalue weighted by molar-refractivity contribution is -0.123. The summed E-state index contributed by atoms with van der Waals surface area (Å²) < 4.78 is 16.0. The summed E-state index contributed by atoms with van der Waals surface area (Å²) in [6, 6.07) is 13.9. The van der Waals surface area contributed by atoms with E-state index in [0.717, 1.165) is 5.56 Å².